The Morgan fingerprint density at radius 1 is 1.05 bits per heavy atom. The second-order valence-electron chi connectivity index (χ2n) is 4.26. The van der Waals surface area contributed by atoms with Gasteiger partial charge in [-0.3, -0.25) is 0 Å². The van der Waals surface area contributed by atoms with Crippen LogP contribution in [0.15, 0.2) is 48.5 Å². The maximum Gasteiger partial charge on any atom is 0.335 e. The first kappa shape index (κ1) is 13.3. The van der Waals surface area contributed by atoms with E-state index in [0.29, 0.717) is 16.5 Å². The lowest BCUT2D eigenvalue weighted by Gasteiger charge is -1.99. The summed E-state index contributed by atoms with van der Waals surface area (Å²) in [5.41, 5.74) is 1.64. The molecule has 21 heavy (non-hydrogen) atoms. The zero-order valence-electron chi connectivity index (χ0n) is 10.6. The van der Waals surface area contributed by atoms with Gasteiger partial charge in [0, 0.05) is 10.6 Å². The molecule has 0 aliphatic heterocycles. The van der Waals surface area contributed by atoms with Crippen molar-refractivity contribution in [2.45, 2.75) is 0 Å². The van der Waals surface area contributed by atoms with Gasteiger partial charge in [-0.05, 0) is 53.7 Å². The standard InChI is InChI=1S/C14H9ClN4O2/c15-11-5-1-9(2-6-11)13-16-18-19(17-13)12-7-3-10(4-8-12)14(20)21/h1-8H,(H,20,21). The molecule has 0 radical (unpaired) electrons. The fourth-order valence-corrected chi connectivity index (χ4v) is 1.90. The van der Waals surface area contributed by atoms with E-state index in [4.69, 9.17) is 16.7 Å². The van der Waals surface area contributed by atoms with E-state index in [9.17, 15) is 4.79 Å². The van der Waals surface area contributed by atoms with Gasteiger partial charge in [0.25, 0.3) is 0 Å². The van der Waals surface area contributed by atoms with Gasteiger partial charge < -0.3 is 5.11 Å². The fraction of sp³-hybridized carbons (Fsp3) is 0. The molecule has 6 nitrogen and oxygen atoms in total. The van der Waals surface area contributed by atoms with Crippen LogP contribution in [0.5, 0.6) is 0 Å². The van der Waals surface area contributed by atoms with Gasteiger partial charge >= 0.3 is 5.97 Å². The minimum atomic E-state index is -0.977. The summed E-state index contributed by atoms with van der Waals surface area (Å²) in [5, 5.41) is 21.7. The lowest BCUT2D eigenvalue weighted by Crippen LogP contribution is -2.01. The number of carboxylic acids is 1. The third kappa shape index (κ3) is 2.75. The number of aromatic carboxylic acids is 1. The highest BCUT2D eigenvalue weighted by atomic mass is 35.5. The van der Waals surface area contributed by atoms with Crippen molar-refractivity contribution in [3.63, 3.8) is 0 Å². The van der Waals surface area contributed by atoms with Crippen molar-refractivity contribution in [3.8, 4) is 17.1 Å². The molecule has 0 amide bonds. The van der Waals surface area contributed by atoms with E-state index >= 15 is 0 Å². The summed E-state index contributed by atoms with van der Waals surface area (Å²) in [5.74, 6) is -0.510. The second kappa shape index (κ2) is 5.34. The predicted octanol–water partition coefficient (Wildman–Crippen LogP) is 2.68. The molecule has 0 saturated heterocycles. The third-order valence-corrected chi connectivity index (χ3v) is 3.11. The Morgan fingerprint density at radius 2 is 1.71 bits per heavy atom. The van der Waals surface area contributed by atoms with Gasteiger partial charge in [0.2, 0.25) is 5.82 Å². The molecule has 104 valence electrons. The van der Waals surface area contributed by atoms with Crippen molar-refractivity contribution in [2.24, 2.45) is 0 Å². The smallest absolute Gasteiger partial charge is 0.335 e. The topological polar surface area (TPSA) is 80.9 Å². The molecule has 2 aromatic carbocycles. The number of halogens is 1. The summed E-state index contributed by atoms with van der Waals surface area (Å²) in [7, 11) is 0. The molecule has 0 aliphatic rings. The van der Waals surface area contributed by atoms with Gasteiger partial charge in [0.05, 0.1) is 11.3 Å². The van der Waals surface area contributed by atoms with Crippen molar-refractivity contribution >= 4 is 17.6 Å². The highest BCUT2D eigenvalue weighted by molar-refractivity contribution is 6.30. The summed E-state index contributed by atoms with van der Waals surface area (Å²) in [4.78, 5) is 12.1. The maximum absolute atomic E-state index is 10.8. The molecule has 0 unspecified atom stereocenters. The Bertz CT molecular complexity index is 781. The van der Waals surface area contributed by atoms with Crippen LogP contribution in [0, 0.1) is 0 Å². The molecule has 0 atom stereocenters. The van der Waals surface area contributed by atoms with Crippen LogP contribution in [0.2, 0.25) is 5.02 Å². The number of tetrazole rings is 1. The lowest BCUT2D eigenvalue weighted by molar-refractivity contribution is 0.0697. The van der Waals surface area contributed by atoms with Crippen molar-refractivity contribution in [1.29, 1.82) is 0 Å². The van der Waals surface area contributed by atoms with Crippen LogP contribution < -0.4 is 0 Å². The van der Waals surface area contributed by atoms with Crippen LogP contribution in [0.25, 0.3) is 17.1 Å². The first-order valence-corrected chi connectivity index (χ1v) is 6.41. The molecule has 0 aliphatic carbocycles. The minimum Gasteiger partial charge on any atom is -0.478 e. The highest BCUT2D eigenvalue weighted by Gasteiger charge is 2.08. The molecule has 7 heteroatoms. The monoisotopic (exact) mass is 300 g/mol. The largest absolute Gasteiger partial charge is 0.478 e. The number of carboxylic acid groups (broad SMARTS) is 1. The number of benzene rings is 2. The number of rotatable bonds is 3. The highest BCUT2D eigenvalue weighted by Crippen LogP contribution is 2.18. The first-order valence-electron chi connectivity index (χ1n) is 6.03. The minimum absolute atomic E-state index is 0.205. The van der Waals surface area contributed by atoms with E-state index in [1.54, 1.807) is 36.4 Å². The van der Waals surface area contributed by atoms with Crippen LogP contribution in [-0.4, -0.2) is 31.3 Å². The van der Waals surface area contributed by atoms with E-state index in [1.165, 1.54) is 16.9 Å². The first-order chi connectivity index (χ1) is 10.1. The SMILES string of the molecule is O=C(O)c1ccc(-n2nnc(-c3ccc(Cl)cc3)n2)cc1. The van der Waals surface area contributed by atoms with Gasteiger partial charge in [-0.25, -0.2) is 4.79 Å². The molecule has 3 aromatic rings. The summed E-state index contributed by atoms with van der Waals surface area (Å²) in [6, 6.07) is 13.3. The molecule has 0 fully saturated rings. The Morgan fingerprint density at radius 3 is 2.33 bits per heavy atom. The molecule has 3 rings (SSSR count). The molecule has 0 saturated carbocycles. The fourth-order valence-electron chi connectivity index (χ4n) is 1.78. The van der Waals surface area contributed by atoms with E-state index in [1.807, 2.05) is 0 Å². The average Bonchev–Trinajstić information content (AvgIpc) is 2.98. The predicted molar refractivity (Wildman–Crippen MR) is 76.6 cm³/mol. The number of nitrogens with zero attached hydrogens (tertiary/aromatic N) is 4. The number of hydrogen-bond acceptors (Lipinski definition) is 4. The van der Waals surface area contributed by atoms with Crippen molar-refractivity contribution in [1.82, 2.24) is 20.2 Å². The molecule has 1 N–H and O–H groups in total. The Labute approximate surface area is 124 Å². The van der Waals surface area contributed by atoms with Gasteiger partial charge in [-0.15, -0.1) is 15.0 Å². The van der Waals surface area contributed by atoms with Gasteiger partial charge in [-0.2, -0.15) is 0 Å². The molecule has 0 bridgehead atoms. The molecule has 1 heterocycles. The zero-order chi connectivity index (χ0) is 14.8. The van der Waals surface area contributed by atoms with Crippen LogP contribution in [-0.2, 0) is 0 Å². The Balaban J connectivity index is 1.90. The number of carbonyl (C=O) groups is 1. The average molecular weight is 301 g/mol. The molecular weight excluding hydrogens is 292 g/mol. The molecular formula is C14H9ClN4O2. The second-order valence-corrected chi connectivity index (χ2v) is 4.70. The molecule has 0 spiro atoms. The quantitative estimate of drug-likeness (QED) is 0.804. The summed E-state index contributed by atoms with van der Waals surface area (Å²) in [6.07, 6.45) is 0. The van der Waals surface area contributed by atoms with Crippen molar-refractivity contribution < 1.29 is 9.90 Å². The number of aromatic nitrogens is 4. The molecule has 1 aromatic heterocycles. The van der Waals surface area contributed by atoms with Crippen LogP contribution >= 0.6 is 11.6 Å². The summed E-state index contributed by atoms with van der Waals surface area (Å²) >= 11 is 5.83. The van der Waals surface area contributed by atoms with E-state index in [2.05, 4.69) is 15.4 Å². The van der Waals surface area contributed by atoms with Crippen LogP contribution in [0.4, 0.5) is 0 Å². The maximum atomic E-state index is 10.8. The summed E-state index contributed by atoms with van der Waals surface area (Å²) < 4.78 is 0. The van der Waals surface area contributed by atoms with Gasteiger partial charge in [-0.1, -0.05) is 11.6 Å². The van der Waals surface area contributed by atoms with Gasteiger partial charge in [0.15, 0.2) is 0 Å². The lowest BCUT2D eigenvalue weighted by atomic mass is 10.2. The van der Waals surface area contributed by atoms with Crippen LogP contribution in [0.1, 0.15) is 10.4 Å². The van der Waals surface area contributed by atoms with E-state index < -0.39 is 5.97 Å². The zero-order valence-corrected chi connectivity index (χ0v) is 11.4. The third-order valence-electron chi connectivity index (χ3n) is 2.86. The van der Waals surface area contributed by atoms with Crippen molar-refractivity contribution in [3.05, 3.63) is 59.1 Å². The Hall–Kier alpha value is -2.73. The van der Waals surface area contributed by atoms with Gasteiger partial charge in [0.1, 0.15) is 0 Å². The normalized spacial score (nSPS) is 10.5. The Kier molecular flexibility index (Phi) is 3.37. The van der Waals surface area contributed by atoms with E-state index in [-0.39, 0.29) is 5.56 Å². The van der Waals surface area contributed by atoms with Crippen LogP contribution in [0.3, 0.4) is 0 Å². The van der Waals surface area contributed by atoms with E-state index in [0.717, 1.165) is 5.56 Å². The summed E-state index contributed by atoms with van der Waals surface area (Å²) in [6.45, 7) is 0. The number of hydrogen-bond donors (Lipinski definition) is 1. The van der Waals surface area contributed by atoms with Crippen molar-refractivity contribution in [2.75, 3.05) is 0 Å².